The smallest absolute Gasteiger partial charge is 0.0657 e. The first-order valence-corrected chi connectivity index (χ1v) is 5.14. The summed E-state index contributed by atoms with van der Waals surface area (Å²) in [7, 11) is 0. The van der Waals surface area contributed by atoms with Crippen molar-refractivity contribution in [1.82, 2.24) is 0 Å². The molecule has 0 aliphatic heterocycles. The van der Waals surface area contributed by atoms with Crippen molar-refractivity contribution in [2.24, 2.45) is 23.5 Å². The zero-order chi connectivity index (χ0) is 8.34. The lowest BCUT2D eigenvalue weighted by Crippen LogP contribution is -3.00. The van der Waals surface area contributed by atoms with E-state index in [9.17, 15) is 5.11 Å². The van der Waals surface area contributed by atoms with Crippen LogP contribution in [-0.4, -0.2) is 16.7 Å². The van der Waals surface area contributed by atoms with E-state index < -0.39 is 0 Å². The van der Waals surface area contributed by atoms with Gasteiger partial charge in [-0.15, -0.1) is 0 Å². The Hall–Kier alpha value is 0.210. The third-order valence-electron chi connectivity index (χ3n) is 4.31. The largest absolute Gasteiger partial charge is 1.00 e. The molecule has 0 aromatic heterocycles. The van der Waals surface area contributed by atoms with Gasteiger partial charge >= 0.3 is 0 Å². The van der Waals surface area contributed by atoms with Gasteiger partial charge in [0.15, 0.2) is 0 Å². The second-order valence-electron chi connectivity index (χ2n) is 5.27. The van der Waals surface area contributed by atoms with Crippen LogP contribution in [-0.2, 0) is 0 Å². The summed E-state index contributed by atoms with van der Waals surface area (Å²) in [6, 6.07) is 0.404. The lowest BCUT2D eigenvalue weighted by atomic mass is 9.52. The van der Waals surface area contributed by atoms with Gasteiger partial charge < -0.3 is 23.2 Å². The number of aliphatic hydroxyl groups is 1. The SMILES string of the molecule is NC1C2CC3CC1CC(O)(C3)C2.[Cl-]. The summed E-state index contributed by atoms with van der Waals surface area (Å²) < 4.78 is 0. The molecule has 0 spiro atoms. The molecule has 4 rings (SSSR count). The molecule has 0 radical (unpaired) electrons. The summed E-state index contributed by atoms with van der Waals surface area (Å²) in [6.07, 6.45) is 5.62. The van der Waals surface area contributed by atoms with E-state index in [1.165, 1.54) is 12.8 Å². The predicted octanol–water partition coefficient (Wildman–Crippen LogP) is -2.11. The monoisotopic (exact) mass is 202 g/mol. The van der Waals surface area contributed by atoms with Crippen LogP contribution in [0.4, 0.5) is 0 Å². The molecule has 0 aromatic carbocycles. The highest BCUT2D eigenvalue weighted by Crippen LogP contribution is 2.54. The summed E-state index contributed by atoms with van der Waals surface area (Å²) in [5.74, 6) is 2.08. The molecule has 0 saturated heterocycles. The lowest BCUT2D eigenvalue weighted by Gasteiger charge is -2.57. The number of nitrogens with two attached hydrogens (primary N) is 1. The van der Waals surface area contributed by atoms with Gasteiger partial charge in [0.2, 0.25) is 0 Å². The Bertz CT molecular complexity index is 205. The van der Waals surface area contributed by atoms with Crippen LogP contribution in [0.25, 0.3) is 0 Å². The fourth-order valence-electron chi connectivity index (χ4n) is 4.02. The average molecular weight is 203 g/mol. The maximum atomic E-state index is 10.2. The van der Waals surface area contributed by atoms with Crippen molar-refractivity contribution in [3.05, 3.63) is 0 Å². The molecule has 0 heterocycles. The van der Waals surface area contributed by atoms with Gasteiger partial charge in [-0.25, -0.2) is 0 Å². The van der Waals surface area contributed by atoms with Gasteiger partial charge in [0.05, 0.1) is 5.60 Å². The van der Waals surface area contributed by atoms with Gasteiger partial charge in [0.25, 0.3) is 0 Å². The fourth-order valence-corrected chi connectivity index (χ4v) is 4.02. The van der Waals surface area contributed by atoms with Crippen LogP contribution in [0.2, 0.25) is 0 Å². The minimum atomic E-state index is -0.299. The van der Waals surface area contributed by atoms with Crippen molar-refractivity contribution >= 4 is 0 Å². The number of hydrogen-bond donors (Lipinski definition) is 2. The van der Waals surface area contributed by atoms with Crippen LogP contribution < -0.4 is 18.1 Å². The highest BCUT2D eigenvalue weighted by molar-refractivity contribution is 5.06. The Morgan fingerprint density at radius 3 is 2.08 bits per heavy atom. The molecule has 13 heavy (non-hydrogen) atoms. The van der Waals surface area contributed by atoms with Crippen LogP contribution in [0, 0.1) is 17.8 Å². The van der Waals surface area contributed by atoms with Crippen molar-refractivity contribution in [3.63, 3.8) is 0 Å². The molecule has 4 bridgehead atoms. The summed E-state index contributed by atoms with van der Waals surface area (Å²) in [6.45, 7) is 0. The minimum absolute atomic E-state index is 0. The van der Waals surface area contributed by atoms with Crippen LogP contribution in [0.3, 0.4) is 0 Å². The van der Waals surface area contributed by atoms with Crippen molar-refractivity contribution in [3.8, 4) is 0 Å². The maximum absolute atomic E-state index is 10.2. The topological polar surface area (TPSA) is 46.2 Å². The molecule has 4 saturated carbocycles. The normalized spacial score (nSPS) is 57.7. The highest BCUT2D eigenvalue weighted by Gasteiger charge is 2.53. The Kier molecular flexibility index (Phi) is 2.14. The molecular weight excluding hydrogens is 186 g/mol. The lowest BCUT2D eigenvalue weighted by molar-refractivity contribution is -0.132. The molecule has 0 amide bonds. The Labute approximate surface area is 85.3 Å². The van der Waals surface area contributed by atoms with Gasteiger partial charge in [-0.05, 0) is 49.9 Å². The molecule has 4 fully saturated rings. The first-order valence-electron chi connectivity index (χ1n) is 5.14. The zero-order valence-corrected chi connectivity index (χ0v) is 8.50. The summed E-state index contributed by atoms with van der Waals surface area (Å²) >= 11 is 0. The van der Waals surface area contributed by atoms with E-state index in [-0.39, 0.29) is 18.0 Å². The third kappa shape index (κ3) is 1.31. The molecular formula is C10H17ClNO-. The molecule has 3 heteroatoms. The Balaban J connectivity index is 0.000000653. The summed E-state index contributed by atoms with van der Waals surface area (Å²) in [4.78, 5) is 0. The number of halogens is 1. The van der Waals surface area contributed by atoms with Gasteiger partial charge in [-0.2, -0.15) is 0 Å². The second kappa shape index (κ2) is 2.85. The van der Waals surface area contributed by atoms with Gasteiger partial charge in [-0.1, -0.05) is 0 Å². The van der Waals surface area contributed by atoms with Gasteiger partial charge in [0.1, 0.15) is 0 Å². The summed E-state index contributed by atoms with van der Waals surface area (Å²) in [5.41, 5.74) is 5.82. The zero-order valence-electron chi connectivity index (χ0n) is 7.75. The first kappa shape index (κ1) is 9.75. The van der Waals surface area contributed by atoms with Crippen molar-refractivity contribution < 1.29 is 17.5 Å². The standard InChI is InChI=1S/C10H17NO.ClH/c11-9-7-1-6-2-8(9)5-10(12,3-6)4-7;/h6-9,12H,1-5,11H2;1H/p-1. The van der Waals surface area contributed by atoms with Crippen molar-refractivity contribution in [1.29, 1.82) is 0 Å². The molecule has 76 valence electrons. The summed E-state index contributed by atoms with van der Waals surface area (Å²) in [5, 5.41) is 10.2. The maximum Gasteiger partial charge on any atom is 0.0657 e. The second-order valence-corrected chi connectivity index (χ2v) is 5.27. The highest BCUT2D eigenvalue weighted by atomic mass is 35.5. The molecule has 0 aromatic rings. The van der Waals surface area contributed by atoms with E-state index in [0.29, 0.717) is 17.9 Å². The third-order valence-corrected chi connectivity index (χ3v) is 4.31. The van der Waals surface area contributed by atoms with E-state index in [4.69, 9.17) is 5.73 Å². The van der Waals surface area contributed by atoms with Crippen molar-refractivity contribution in [2.45, 2.75) is 43.7 Å². The quantitative estimate of drug-likeness (QED) is 0.473. The minimum Gasteiger partial charge on any atom is -1.00 e. The average Bonchev–Trinajstić information content (AvgIpc) is 1.96. The van der Waals surface area contributed by atoms with Crippen LogP contribution in [0.15, 0.2) is 0 Å². The molecule has 3 N–H and O–H groups in total. The molecule has 2 nitrogen and oxygen atoms in total. The van der Waals surface area contributed by atoms with Crippen molar-refractivity contribution in [2.75, 3.05) is 0 Å². The van der Waals surface area contributed by atoms with E-state index in [2.05, 4.69) is 0 Å². The molecule has 2 atom stereocenters. The van der Waals surface area contributed by atoms with E-state index in [1.807, 2.05) is 0 Å². The van der Waals surface area contributed by atoms with E-state index in [1.54, 1.807) is 0 Å². The number of hydrogen-bond acceptors (Lipinski definition) is 2. The molecule has 4 aliphatic carbocycles. The van der Waals surface area contributed by atoms with E-state index in [0.717, 1.165) is 25.2 Å². The Morgan fingerprint density at radius 2 is 1.62 bits per heavy atom. The van der Waals surface area contributed by atoms with Crippen LogP contribution in [0.5, 0.6) is 0 Å². The molecule has 2 unspecified atom stereocenters. The van der Waals surface area contributed by atoms with Crippen LogP contribution >= 0.6 is 0 Å². The first-order chi connectivity index (χ1) is 5.66. The van der Waals surface area contributed by atoms with Gasteiger partial charge in [-0.3, -0.25) is 0 Å². The number of rotatable bonds is 0. The van der Waals surface area contributed by atoms with E-state index >= 15 is 0 Å². The van der Waals surface area contributed by atoms with Crippen LogP contribution in [0.1, 0.15) is 32.1 Å². The van der Waals surface area contributed by atoms with Gasteiger partial charge in [0, 0.05) is 6.04 Å². The fraction of sp³-hybridized carbons (Fsp3) is 1.00. The Morgan fingerprint density at radius 1 is 1.08 bits per heavy atom. The molecule has 4 aliphatic rings. The predicted molar refractivity (Wildman–Crippen MR) is 46.5 cm³/mol.